The molecule has 0 fully saturated rings. The molecule has 124 valence electrons. The van der Waals surface area contributed by atoms with Gasteiger partial charge in [0, 0.05) is 34.6 Å². The highest BCUT2D eigenvalue weighted by Crippen LogP contribution is 2.32. The Morgan fingerprint density at radius 1 is 1.16 bits per heavy atom. The van der Waals surface area contributed by atoms with Crippen LogP contribution in [0.15, 0.2) is 53.8 Å². The normalized spacial score (nSPS) is 11.1. The zero-order chi connectivity index (χ0) is 17.6. The predicted octanol–water partition coefficient (Wildman–Crippen LogP) is 5.03. The molecule has 5 heteroatoms. The van der Waals surface area contributed by atoms with Crippen molar-refractivity contribution < 1.29 is 9.63 Å². The van der Waals surface area contributed by atoms with E-state index in [1.54, 1.807) is 0 Å². The first-order valence-corrected chi connectivity index (χ1v) is 7.93. The standard InChI is InChI=1S/C20H17N3O2/c1-11-19(13(3)25-23-11)16-8-18-20(22-9-16)17(10-21-18)15-6-4-14(5-7-15)12(2)24/h4-10,21,24H,2H2,1,3H3. The van der Waals surface area contributed by atoms with Gasteiger partial charge >= 0.3 is 0 Å². The van der Waals surface area contributed by atoms with E-state index in [9.17, 15) is 5.11 Å². The number of aliphatic hydroxyl groups is 1. The van der Waals surface area contributed by atoms with Crippen LogP contribution in [-0.2, 0) is 0 Å². The lowest BCUT2D eigenvalue weighted by molar-refractivity contribution is 0.393. The molecule has 0 bridgehead atoms. The summed E-state index contributed by atoms with van der Waals surface area (Å²) in [7, 11) is 0. The first kappa shape index (κ1) is 15.2. The van der Waals surface area contributed by atoms with Gasteiger partial charge in [-0.2, -0.15) is 0 Å². The van der Waals surface area contributed by atoms with Gasteiger partial charge in [-0.05, 0) is 25.5 Å². The molecule has 0 aliphatic carbocycles. The van der Waals surface area contributed by atoms with E-state index in [4.69, 9.17) is 4.52 Å². The van der Waals surface area contributed by atoms with E-state index in [1.165, 1.54) is 0 Å². The summed E-state index contributed by atoms with van der Waals surface area (Å²) < 4.78 is 5.25. The first-order valence-electron chi connectivity index (χ1n) is 7.93. The second-order valence-electron chi connectivity index (χ2n) is 6.05. The SMILES string of the molecule is C=C(O)c1ccc(-c2c[nH]c3cc(-c4c(C)noc4C)cnc23)cc1. The van der Waals surface area contributed by atoms with Crippen LogP contribution >= 0.6 is 0 Å². The predicted molar refractivity (Wildman–Crippen MR) is 98.2 cm³/mol. The van der Waals surface area contributed by atoms with E-state index >= 15 is 0 Å². The maximum Gasteiger partial charge on any atom is 0.141 e. The molecule has 4 aromatic rings. The number of aliphatic hydroxyl groups excluding tert-OH is 1. The van der Waals surface area contributed by atoms with Gasteiger partial charge < -0.3 is 14.6 Å². The van der Waals surface area contributed by atoms with E-state index < -0.39 is 0 Å². The number of rotatable bonds is 3. The zero-order valence-corrected chi connectivity index (χ0v) is 14.0. The molecule has 3 aromatic heterocycles. The third-order valence-corrected chi connectivity index (χ3v) is 4.37. The van der Waals surface area contributed by atoms with Crippen molar-refractivity contribution >= 4 is 16.8 Å². The fourth-order valence-corrected chi connectivity index (χ4v) is 3.10. The number of aromatic nitrogens is 3. The Labute approximate surface area is 144 Å². The first-order chi connectivity index (χ1) is 12.0. The maximum atomic E-state index is 9.46. The van der Waals surface area contributed by atoms with Crippen LogP contribution in [0.2, 0.25) is 0 Å². The van der Waals surface area contributed by atoms with Crippen LogP contribution in [0.3, 0.4) is 0 Å². The number of H-pyrrole nitrogens is 1. The molecule has 1 aromatic carbocycles. The molecule has 0 spiro atoms. The minimum atomic E-state index is 0.0627. The Morgan fingerprint density at radius 3 is 2.56 bits per heavy atom. The van der Waals surface area contributed by atoms with Gasteiger partial charge in [0.15, 0.2) is 0 Å². The van der Waals surface area contributed by atoms with Crippen LogP contribution < -0.4 is 0 Å². The summed E-state index contributed by atoms with van der Waals surface area (Å²) in [5.41, 5.74) is 7.39. The maximum absolute atomic E-state index is 9.46. The minimum absolute atomic E-state index is 0.0627. The zero-order valence-electron chi connectivity index (χ0n) is 14.0. The van der Waals surface area contributed by atoms with E-state index in [-0.39, 0.29) is 5.76 Å². The summed E-state index contributed by atoms with van der Waals surface area (Å²) in [5.74, 6) is 0.845. The number of aromatic amines is 1. The number of nitrogens with one attached hydrogen (secondary N) is 1. The number of nitrogens with zero attached hydrogens (tertiary/aromatic N) is 2. The third kappa shape index (κ3) is 2.50. The lowest BCUT2D eigenvalue weighted by Crippen LogP contribution is -1.86. The molecule has 0 atom stereocenters. The smallest absolute Gasteiger partial charge is 0.141 e. The molecular formula is C20H17N3O2. The Morgan fingerprint density at radius 2 is 1.92 bits per heavy atom. The molecule has 0 amide bonds. The van der Waals surface area contributed by atoms with Gasteiger partial charge in [-0.25, -0.2) is 0 Å². The van der Waals surface area contributed by atoms with Gasteiger partial charge in [0.1, 0.15) is 11.5 Å². The summed E-state index contributed by atoms with van der Waals surface area (Å²) >= 11 is 0. The number of pyridine rings is 1. The van der Waals surface area contributed by atoms with Crippen LogP contribution in [0.5, 0.6) is 0 Å². The van der Waals surface area contributed by atoms with Crippen LogP contribution in [0.25, 0.3) is 39.0 Å². The molecule has 0 aliphatic heterocycles. The highest BCUT2D eigenvalue weighted by Gasteiger charge is 2.14. The van der Waals surface area contributed by atoms with Gasteiger partial charge in [-0.1, -0.05) is 36.0 Å². The Hall–Kier alpha value is -3.34. The van der Waals surface area contributed by atoms with Crippen LogP contribution in [0.4, 0.5) is 0 Å². The molecule has 25 heavy (non-hydrogen) atoms. The topological polar surface area (TPSA) is 74.9 Å². The lowest BCUT2D eigenvalue weighted by Gasteiger charge is -2.03. The Kier molecular flexibility index (Phi) is 3.42. The monoisotopic (exact) mass is 331 g/mol. The van der Waals surface area contributed by atoms with E-state index in [0.29, 0.717) is 5.56 Å². The van der Waals surface area contributed by atoms with Crippen LogP contribution in [0, 0.1) is 13.8 Å². The Balaban J connectivity index is 1.79. The number of aryl methyl sites for hydroxylation is 2. The second-order valence-corrected chi connectivity index (χ2v) is 6.05. The van der Waals surface area contributed by atoms with Crippen molar-refractivity contribution in [2.75, 3.05) is 0 Å². The van der Waals surface area contributed by atoms with E-state index in [1.807, 2.05) is 50.5 Å². The number of hydrogen-bond donors (Lipinski definition) is 2. The summed E-state index contributed by atoms with van der Waals surface area (Å²) in [5, 5.41) is 13.5. The highest BCUT2D eigenvalue weighted by molar-refractivity contribution is 5.94. The third-order valence-electron chi connectivity index (χ3n) is 4.37. The van der Waals surface area contributed by atoms with Crippen molar-refractivity contribution in [3.63, 3.8) is 0 Å². The summed E-state index contributed by atoms with van der Waals surface area (Å²) in [6.07, 6.45) is 3.79. The van der Waals surface area contributed by atoms with Crippen LogP contribution in [0.1, 0.15) is 17.0 Å². The van der Waals surface area contributed by atoms with Crippen molar-refractivity contribution in [2.24, 2.45) is 0 Å². The molecular weight excluding hydrogens is 314 g/mol. The molecule has 0 saturated heterocycles. The molecule has 3 heterocycles. The van der Waals surface area contributed by atoms with Crippen molar-refractivity contribution in [2.45, 2.75) is 13.8 Å². The van der Waals surface area contributed by atoms with Crippen molar-refractivity contribution in [3.05, 3.63) is 66.3 Å². The van der Waals surface area contributed by atoms with Gasteiger partial charge in [-0.3, -0.25) is 4.98 Å². The van der Waals surface area contributed by atoms with Gasteiger partial charge in [0.05, 0.1) is 16.7 Å². The summed E-state index contributed by atoms with van der Waals surface area (Å²) in [6.45, 7) is 7.36. The van der Waals surface area contributed by atoms with Crippen LogP contribution in [-0.4, -0.2) is 20.2 Å². The molecule has 0 saturated carbocycles. The quantitative estimate of drug-likeness (QED) is 0.516. The van der Waals surface area contributed by atoms with Crippen molar-refractivity contribution in [3.8, 4) is 22.3 Å². The van der Waals surface area contributed by atoms with E-state index in [2.05, 4.69) is 27.8 Å². The van der Waals surface area contributed by atoms with Gasteiger partial charge in [-0.15, -0.1) is 0 Å². The second kappa shape index (κ2) is 5.63. The minimum Gasteiger partial charge on any atom is -0.508 e. The average Bonchev–Trinajstić information content (AvgIpc) is 3.17. The average molecular weight is 331 g/mol. The number of hydrogen-bond acceptors (Lipinski definition) is 4. The largest absolute Gasteiger partial charge is 0.508 e. The molecule has 0 radical (unpaired) electrons. The fraction of sp³-hybridized carbons (Fsp3) is 0.100. The molecule has 0 aliphatic rings. The fourth-order valence-electron chi connectivity index (χ4n) is 3.10. The lowest BCUT2D eigenvalue weighted by atomic mass is 10.0. The summed E-state index contributed by atoms with van der Waals surface area (Å²) in [4.78, 5) is 7.93. The molecule has 4 rings (SSSR count). The van der Waals surface area contributed by atoms with Crippen molar-refractivity contribution in [1.29, 1.82) is 0 Å². The van der Waals surface area contributed by atoms with Crippen molar-refractivity contribution in [1.82, 2.24) is 15.1 Å². The number of fused-ring (bicyclic) bond motifs is 1. The highest BCUT2D eigenvalue weighted by atomic mass is 16.5. The van der Waals surface area contributed by atoms with Gasteiger partial charge in [0.25, 0.3) is 0 Å². The summed E-state index contributed by atoms with van der Waals surface area (Å²) in [6, 6.07) is 9.64. The Bertz CT molecular complexity index is 1070. The molecule has 0 unspecified atom stereocenters. The van der Waals surface area contributed by atoms with E-state index in [0.717, 1.165) is 44.7 Å². The molecule has 2 N–H and O–H groups in total. The number of benzene rings is 1. The van der Waals surface area contributed by atoms with Gasteiger partial charge in [0.2, 0.25) is 0 Å². The molecule has 5 nitrogen and oxygen atoms in total.